The smallest absolute Gasteiger partial charge is 0.410 e. The molecule has 3 heterocycles. The van der Waals surface area contributed by atoms with E-state index >= 15 is 0 Å². The number of rotatable bonds is 4. The number of ketones is 1. The van der Waals surface area contributed by atoms with Gasteiger partial charge in [-0.25, -0.2) is 4.79 Å². The van der Waals surface area contributed by atoms with Gasteiger partial charge < -0.3 is 18.8 Å². The topological polar surface area (TPSA) is 69.0 Å². The Morgan fingerprint density at radius 3 is 2.52 bits per heavy atom. The molecule has 2 saturated heterocycles. The van der Waals surface area contributed by atoms with Crippen molar-refractivity contribution in [3.05, 3.63) is 41.2 Å². The van der Waals surface area contributed by atoms with Gasteiger partial charge in [-0.2, -0.15) is 0 Å². The molecule has 2 aliphatic heterocycles. The van der Waals surface area contributed by atoms with Gasteiger partial charge in [0, 0.05) is 13.1 Å². The molecular weight excluding hydrogens is 394 g/mol. The zero-order chi connectivity index (χ0) is 22.6. The minimum atomic E-state index is -0.585. The van der Waals surface area contributed by atoms with Crippen molar-refractivity contribution in [3.8, 4) is 17.1 Å². The van der Waals surface area contributed by atoms with Gasteiger partial charge in [0.1, 0.15) is 17.1 Å². The van der Waals surface area contributed by atoms with Gasteiger partial charge in [-0.15, -0.1) is 0 Å². The molecule has 3 fully saturated rings. The fraction of sp³-hybridized carbons (Fsp3) is 0.520. The van der Waals surface area contributed by atoms with Crippen LogP contribution in [0.5, 0.6) is 5.75 Å². The summed E-state index contributed by atoms with van der Waals surface area (Å²) in [6.07, 6.45) is 1.22. The maximum Gasteiger partial charge on any atom is 0.410 e. The first-order valence-corrected chi connectivity index (χ1v) is 10.8. The van der Waals surface area contributed by atoms with Crippen molar-refractivity contribution in [2.24, 2.45) is 11.3 Å². The predicted octanol–water partition coefficient (Wildman–Crippen LogP) is 5.40. The van der Waals surface area contributed by atoms with Gasteiger partial charge in [-0.3, -0.25) is 4.79 Å². The van der Waals surface area contributed by atoms with Crippen molar-refractivity contribution in [1.82, 2.24) is 4.90 Å². The molecule has 0 spiro atoms. The quantitative estimate of drug-likeness (QED) is 0.613. The molecule has 2 aromatic rings. The highest BCUT2D eigenvalue weighted by molar-refractivity contribution is 6.00. The zero-order valence-corrected chi connectivity index (χ0v) is 19.2. The van der Waals surface area contributed by atoms with E-state index in [0.29, 0.717) is 36.3 Å². The largest absolute Gasteiger partial charge is 0.496 e. The van der Waals surface area contributed by atoms with Crippen molar-refractivity contribution >= 4 is 11.9 Å². The van der Waals surface area contributed by atoms with Gasteiger partial charge in [-0.1, -0.05) is 6.07 Å². The number of carbonyl (C=O) groups excluding carboxylic acids is 2. The molecular formula is C25H31NO5. The van der Waals surface area contributed by atoms with Gasteiger partial charge in [0.25, 0.3) is 0 Å². The number of piperidine rings is 2. The number of fused-ring (bicyclic) bond motifs is 2. The second kappa shape index (κ2) is 7.43. The van der Waals surface area contributed by atoms with Crippen molar-refractivity contribution in [3.63, 3.8) is 0 Å². The summed E-state index contributed by atoms with van der Waals surface area (Å²) in [5.41, 5.74) is 1.66. The van der Waals surface area contributed by atoms with Crippen LogP contribution in [0.25, 0.3) is 11.3 Å². The van der Waals surface area contributed by atoms with E-state index in [1.807, 2.05) is 58.9 Å². The van der Waals surface area contributed by atoms with Gasteiger partial charge in [0.05, 0.1) is 18.1 Å². The van der Waals surface area contributed by atoms with Gasteiger partial charge >= 0.3 is 6.09 Å². The summed E-state index contributed by atoms with van der Waals surface area (Å²) in [5, 5.41) is 0. The predicted molar refractivity (Wildman–Crippen MR) is 117 cm³/mol. The average Bonchev–Trinajstić information content (AvgIpc) is 3.06. The van der Waals surface area contributed by atoms with Gasteiger partial charge in [-0.05, 0) is 82.7 Å². The summed E-state index contributed by atoms with van der Waals surface area (Å²) in [5.74, 6) is 2.01. The van der Waals surface area contributed by atoms with Crippen LogP contribution < -0.4 is 4.74 Å². The van der Waals surface area contributed by atoms with Crippen LogP contribution in [0.15, 0.2) is 28.7 Å². The highest BCUT2D eigenvalue weighted by Gasteiger charge is 2.57. The molecule has 6 nitrogen and oxygen atoms in total. The molecule has 6 heteroatoms. The third kappa shape index (κ3) is 3.95. The molecule has 1 aromatic carbocycles. The minimum Gasteiger partial charge on any atom is -0.496 e. The summed E-state index contributed by atoms with van der Waals surface area (Å²) >= 11 is 0. The molecule has 0 radical (unpaired) electrons. The Labute approximate surface area is 183 Å². The number of hydrogen-bond acceptors (Lipinski definition) is 5. The van der Waals surface area contributed by atoms with Crippen LogP contribution in [0.3, 0.4) is 0 Å². The number of amides is 1. The standard InChI is InChI=1S/C25H31NO5/c1-15-7-8-18(19(9-15)29-6)21-16(2)10-20(30-21)22(27)25-11-17(12-25)13-26(14-25)23(28)31-24(3,4)5/h7-10,17H,11-14H2,1-6H3. The van der Waals surface area contributed by atoms with Crippen LogP contribution >= 0.6 is 0 Å². The molecule has 2 bridgehead atoms. The summed E-state index contributed by atoms with van der Waals surface area (Å²) in [7, 11) is 1.63. The van der Waals surface area contributed by atoms with Crippen LogP contribution in [0.4, 0.5) is 4.79 Å². The normalized spacial score (nSPS) is 22.6. The highest BCUT2D eigenvalue weighted by atomic mass is 16.6. The molecule has 166 valence electrons. The number of furan rings is 1. The number of benzene rings is 1. The lowest BCUT2D eigenvalue weighted by Crippen LogP contribution is -2.61. The maximum absolute atomic E-state index is 13.5. The van der Waals surface area contributed by atoms with E-state index in [4.69, 9.17) is 13.9 Å². The third-order valence-electron chi connectivity index (χ3n) is 6.21. The van der Waals surface area contributed by atoms with Gasteiger partial charge in [0.2, 0.25) is 5.78 Å². The first-order valence-electron chi connectivity index (χ1n) is 10.8. The van der Waals surface area contributed by atoms with E-state index in [1.54, 1.807) is 12.0 Å². The Bertz CT molecular complexity index is 1020. The number of methoxy groups -OCH3 is 1. The van der Waals surface area contributed by atoms with Crippen molar-refractivity contribution in [1.29, 1.82) is 0 Å². The monoisotopic (exact) mass is 425 g/mol. The molecule has 5 rings (SSSR count). The van der Waals surface area contributed by atoms with E-state index < -0.39 is 11.0 Å². The van der Waals surface area contributed by atoms with E-state index in [-0.39, 0.29) is 11.9 Å². The molecule has 0 atom stereocenters. The number of carbonyl (C=O) groups is 2. The lowest BCUT2D eigenvalue weighted by atomic mass is 9.56. The van der Waals surface area contributed by atoms with Gasteiger partial charge in [0.15, 0.2) is 5.76 Å². The van der Waals surface area contributed by atoms with E-state index in [9.17, 15) is 9.59 Å². The first-order chi connectivity index (χ1) is 14.5. The van der Waals surface area contributed by atoms with Crippen LogP contribution in [-0.2, 0) is 4.74 Å². The Kier molecular flexibility index (Phi) is 5.15. The molecule has 0 unspecified atom stereocenters. The number of aryl methyl sites for hydroxylation is 2. The van der Waals surface area contributed by atoms with E-state index in [2.05, 4.69) is 0 Å². The van der Waals surface area contributed by atoms with Crippen molar-refractivity contribution < 1.29 is 23.5 Å². The van der Waals surface area contributed by atoms with Crippen LogP contribution in [-0.4, -0.2) is 42.6 Å². The number of nitrogens with zero attached hydrogens (tertiary/aromatic N) is 1. The summed E-state index contributed by atoms with van der Waals surface area (Å²) in [6.45, 7) is 10.5. The molecule has 1 aromatic heterocycles. The number of ether oxygens (including phenoxy) is 2. The minimum absolute atomic E-state index is 0.0302. The zero-order valence-electron chi connectivity index (χ0n) is 19.2. The lowest BCUT2D eigenvalue weighted by molar-refractivity contribution is -0.0515. The highest BCUT2D eigenvalue weighted by Crippen LogP contribution is 2.53. The second-order valence-electron chi connectivity index (χ2n) is 10.1. The molecule has 1 amide bonds. The first kappa shape index (κ1) is 21.5. The Morgan fingerprint density at radius 2 is 1.87 bits per heavy atom. The maximum atomic E-state index is 13.5. The number of hydrogen-bond donors (Lipinski definition) is 0. The van der Waals surface area contributed by atoms with E-state index in [0.717, 1.165) is 29.5 Å². The van der Waals surface area contributed by atoms with Crippen LogP contribution in [0, 0.1) is 25.2 Å². The summed E-state index contributed by atoms with van der Waals surface area (Å²) in [6, 6.07) is 7.71. The molecule has 0 N–H and O–H groups in total. The molecule has 1 saturated carbocycles. The molecule has 31 heavy (non-hydrogen) atoms. The number of Topliss-reactive ketones (excluding diaryl/α,β-unsaturated/α-hetero) is 1. The van der Waals surface area contributed by atoms with Crippen LogP contribution in [0.1, 0.15) is 55.3 Å². The fourth-order valence-corrected chi connectivity index (χ4v) is 4.88. The lowest BCUT2D eigenvalue weighted by Gasteiger charge is -2.54. The van der Waals surface area contributed by atoms with Crippen LogP contribution in [0.2, 0.25) is 0 Å². The Morgan fingerprint density at radius 1 is 1.16 bits per heavy atom. The fourth-order valence-electron chi connectivity index (χ4n) is 4.88. The third-order valence-corrected chi connectivity index (χ3v) is 6.21. The van der Waals surface area contributed by atoms with Crippen molar-refractivity contribution in [2.75, 3.05) is 20.2 Å². The van der Waals surface area contributed by atoms with Crippen molar-refractivity contribution in [2.45, 2.75) is 53.1 Å². The summed E-state index contributed by atoms with van der Waals surface area (Å²) in [4.78, 5) is 27.8. The molecule has 3 aliphatic rings. The average molecular weight is 426 g/mol. The second-order valence-corrected chi connectivity index (χ2v) is 10.1. The summed E-state index contributed by atoms with van der Waals surface area (Å²) < 4.78 is 17.2. The Hall–Kier alpha value is -2.76. The van der Waals surface area contributed by atoms with E-state index in [1.165, 1.54) is 0 Å². The SMILES string of the molecule is COc1cc(C)ccc1-c1oc(C(=O)C23CC(CN(C(=O)OC(C)(C)C)C2)C3)cc1C. The Balaban J connectivity index is 1.58. The molecule has 1 aliphatic carbocycles.